The SMILES string of the molecule is CCCCCC[Si](C)(OCCC)OCCC. The Morgan fingerprint density at radius 2 is 1.31 bits per heavy atom. The van der Waals surface area contributed by atoms with Gasteiger partial charge in [-0.3, -0.25) is 0 Å². The minimum Gasteiger partial charge on any atom is -0.394 e. The standard InChI is InChI=1S/C13H30O2Si/c1-5-8-9-10-13-16(4,14-11-6-2)15-12-7-3/h5-13H2,1-4H3. The van der Waals surface area contributed by atoms with Crippen molar-refractivity contribution in [3.63, 3.8) is 0 Å². The molecular formula is C13H30O2Si. The highest BCUT2D eigenvalue weighted by Gasteiger charge is 2.30. The van der Waals surface area contributed by atoms with Crippen molar-refractivity contribution in [3.8, 4) is 0 Å². The normalized spacial score (nSPS) is 12.0. The minimum absolute atomic E-state index is 0.861. The van der Waals surface area contributed by atoms with Crippen molar-refractivity contribution >= 4 is 8.56 Å². The van der Waals surface area contributed by atoms with Crippen LogP contribution < -0.4 is 0 Å². The van der Waals surface area contributed by atoms with E-state index in [-0.39, 0.29) is 0 Å². The van der Waals surface area contributed by atoms with Crippen molar-refractivity contribution in [2.45, 2.75) is 71.9 Å². The third kappa shape index (κ3) is 8.31. The first-order valence-corrected chi connectivity index (χ1v) is 9.48. The van der Waals surface area contributed by atoms with Crippen LogP contribution in [0.3, 0.4) is 0 Å². The molecule has 16 heavy (non-hydrogen) atoms. The largest absolute Gasteiger partial charge is 0.394 e. The smallest absolute Gasteiger partial charge is 0.334 e. The molecule has 0 rings (SSSR count). The van der Waals surface area contributed by atoms with Gasteiger partial charge in [0.05, 0.1) is 0 Å². The Hall–Kier alpha value is 0.137. The van der Waals surface area contributed by atoms with Gasteiger partial charge in [0.1, 0.15) is 0 Å². The van der Waals surface area contributed by atoms with E-state index in [1.54, 1.807) is 0 Å². The van der Waals surface area contributed by atoms with Gasteiger partial charge in [0, 0.05) is 13.2 Å². The van der Waals surface area contributed by atoms with Crippen LogP contribution in [0.15, 0.2) is 0 Å². The first-order chi connectivity index (χ1) is 7.68. The number of hydrogen-bond donors (Lipinski definition) is 0. The van der Waals surface area contributed by atoms with Crippen molar-refractivity contribution in [1.82, 2.24) is 0 Å². The lowest BCUT2D eigenvalue weighted by Gasteiger charge is -2.27. The quantitative estimate of drug-likeness (QED) is 0.395. The first-order valence-electron chi connectivity index (χ1n) is 6.96. The van der Waals surface area contributed by atoms with Crippen molar-refractivity contribution in [1.29, 1.82) is 0 Å². The Labute approximate surface area is 103 Å². The Morgan fingerprint density at radius 1 is 0.750 bits per heavy atom. The van der Waals surface area contributed by atoms with E-state index >= 15 is 0 Å². The molecule has 2 nitrogen and oxygen atoms in total. The summed E-state index contributed by atoms with van der Waals surface area (Å²) >= 11 is 0. The summed E-state index contributed by atoms with van der Waals surface area (Å²) < 4.78 is 12.0. The Kier molecular flexibility index (Phi) is 10.4. The summed E-state index contributed by atoms with van der Waals surface area (Å²) in [6, 6.07) is 1.16. The zero-order valence-corrected chi connectivity index (χ0v) is 12.7. The molecule has 0 N–H and O–H groups in total. The Bertz CT molecular complexity index is 143. The van der Waals surface area contributed by atoms with Crippen LogP contribution in [0.5, 0.6) is 0 Å². The van der Waals surface area contributed by atoms with Crippen molar-refractivity contribution < 1.29 is 8.85 Å². The molecule has 0 spiro atoms. The molecule has 0 aliphatic rings. The van der Waals surface area contributed by atoms with E-state index < -0.39 is 8.56 Å². The summed E-state index contributed by atoms with van der Waals surface area (Å²) in [4.78, 5) is 0. The van der Waals surface area contributed by atoms with E-state index in [2.05, 4.69) is 27.3 Å². The summed E-state index contributed by atoms with van der Waals surface area (Å²) in [6.45, 7) is 10.5. The molecule has 0 amide bonds. The zero-order valence-electron chi connectivity index (χ0n) is 11.7. The molecule has 0 fully saturated rings. The molecule has 0 unspecified atom stereocenters. The molecular weight excluding hydrogens is 216 g/mol. The molecule has 0 aromatic carbocycles. The average molecular weight is 246 g/mol. The molecule has 0 bridgehead atoms. The topological polar surface area (TPSA) is 18.5 Å². The average Bonchev–Trinajstić information content (AvgIpc) is 2.30. The highest BCUT2D eigenvalue weighted by molar-refractivity contribution is 6.66. The predicted molar refractivity (Wildman–Crippen MR) is 73.1 cm³/mol. The van der Waals surface area contributed by atoms with Gasteiger partial charge in [-0.25, -0.2) is 0 Å². The zero-order chi connectivity index (χ0) is 12.3. The summed E-state index contributed by atoms with van der Waals surface area (Å²) in [5, 5.41) is 0. The maximum atomic E-state index is 5.98. The van der Waals surface area contributed by atoms with Gasteiger partial charge in [-0.15, -0.1) is 0 Å². The molecule has 0 aliphatic carbocycles. The van der Waals surface area contributed by atoms with Gasteiger partial charge in [-0.1, -0.05) is 46.5 Å². The molecule has 0 atom stereocenters. The highest BCUT2D eigenvalue weighted by atomic mass is 28.4. The van der Waals surface area contributed by atoms with Gasteiger partial charge in [0.15, 0.2) is 0 Å². The van der Waals surface area contributed by atoms with E-state index in [0.29, 0.717) is 0 Å². The molecule has 0 aromatic heterocycles. The van der Waals surface area contributed by atoms with Crippen LogP contribution in [0.4, 0.5) is 0 Å². The molecule has 3 heteroatoms. The Balaban J connectivity index is 3.86. The van der Waals surface area contributed by atoms with Gasteiger partial charge < -0.3 is 8.85 Å². The van der Waals surface area contributed by atoms with Crippen molar-refractivity contribution in [3.05, 3.63) is 0 Å². The van der Waals surface area contributed by atoms with Crippen molar-refractivity contribution in [2.24, 2.45) is 0 Å². The number of hydrogen-bond acceptors (Lipinski definition) is 2. The second-order valence-electron chi connectivity index (χ2n) is 4.64. The summed E-state index contributed by atoms with van der Waals surface area (Å²) in [6.07, 6.45) is 7.41. The van der Waals surface area contributed by atoms with E-state index in [1.807, 2.05) is 0 Å². The van der Waals surface area contributed by atoms with Crippen LogP contribution in [0.25, 0.3) is 0 Å². The monoisotopic (exact) mass is 246 g/mol. The number of rotatable bonds is 11. The molecule has 0 heterocycles. The second kappa shape index (κ2) is 10.3. The van der Waals surface area contributed by atoms with Crippen LogP contribution in [-0.2, 0) is 8.85 Å². The third-order valence-electron chi connectivity index (χ3n) is 2.71. The lowest BCUT2D eigenvalue weighted by molar-refractivity contribution is 0.172. The van der Waals surface area contributed by atoms with Gasteiger partial charge in [-0.05, 0) is 25.4 Å². The molecule has 0 aliphatic heterocycles. The predicted octanol–water partition coefficient (Wildman–Crippen LogP) is 4.49. The summed E-state index contributed by atoms with van der Waals surface area (Å²) in [5.74, 6) is 0. The van der Waals surface area contributed by atoms with Crippen LogP contribution in [0.2, 0.25) is 12.6 Å². The lowest BCUT2D eigenvalue weighted by atomic mass is 10.2. The minimum atomic E-state index is -1.84. The molecule has 0 saturated heterocycles. The fourth-order valence-electron chi connectivity index (χ4n) is 1.69. The van der Waals surface area contributed by atoms with Gasteiger partial charge in [0.25, 0.3) is 0 Å². The van der Waals surface area contributed by atoms with Crippen molar-refractivity contribution in [2.75, 3.05) is 13.2 Å². The maximum absolute atomic E-state index is 5.98. The summed E-state index contributed by atoms with van der Waals surface area (Å²) in [5.41, 5.74) is 0. The highest BCUT2D eigenvalue weighted by Crippen LogP contribution is 2.19. The molecule has 0 saturated carbocycles. The van der Waals surface area contributed by atoms with Crippen LogP contribution in [-0.4, -0.2) is 21.8 Å². The van der Waals surface area contributed by atoms with Gasteiger partial charge in [0.2, 0.25) is 0 Å². The van der Waals surface area contributed by atoms with Crippen LogP contribution in [0.1, 0.15) is 59.3 Å². The summed E-state index contributed by atoms with van der Waals surface area (Å²) in [7, 11) is -1.84. The maximum Gasteiger partial charge on any atom is 0.334 e. The molecule has 98 valence electrons. The molecule has 0 radical (unpaired) electrons. The van der Waals surface area contributed by atoms with E-state index in [4.69, 9.17) is 8.85 Å². The lowest BCUT2D eigenvalue weighted by Crippen LogP contribution is -2.39. The van der Waals surface area contributed by atoms with Gasteiger partial charge in [-0.2, -0.15) is 0 Å². The fourth-order valence-corrected chi connectivity index (χ4v) is 4.23. The van der Waals surface area contributed by atoms with Crippen LogP contribution in [0, 0.1) is 0 Å². The van der Waals surface area contributed by atoms with E-state index in [9.17, 15) is 0 Å². The number of unbranched alkanes of at least 4 members (excludes halogenated alkanes) is 3. The molecule has 0 aromatic rings. The van der Waals surface area contributed by atoms with Crippen LogP contribution >= 0.6 is 0 Å². The fraction of sp³-hybridized carbons (Fsp3) is 1.00. The first kappa shape index (κ1) is 16.1. The van der Waals surface area contributed by atoms with E-state index in [1.165, 1.54) is 25.7 Å². The second-order valence-corrected chi connectivity index (χ2v) is 7.99. The van der Waals surface area contributed by atoms with Gasteiger partial charge >= 0.3 is 8.56 Å². The third-order valence-corrected chi connectivity index (χ3v) is 5.60. The Morgan fingerprint density at radius 3 is 1.75 bits per heavy atom. The van der Waals surface area contributed by atoms with E-state index in [0.717, 1.165) is 32.1 Å².